The largest absolute Gasteiger partial charge is 0.467 e. The SMILES string of the molecule is CN=C(NCCc1cc(F)cc2c1OCOC2)N1CCCC2(CNC(=O)C2)C1.I. The highest BCUT2D eigenvalue weighted by atomic mass is 127. The quantitative estimate of drug-likeness (QED) is 0.364. The van der Waals surface area contributed by atoms with Gasteiger partial charge in [0.05, 0.1) is 6.61 Å². The third-order valence-corrected chi connectivity index (χ3v) is 5.80. The van der Waals surface area contributed by atoms with E-state index in [-0.39, 0.29) is 47.9 Å². The van der Waals surface area contributed by atoms with Crippen LogP contribution in [0.1, 0.15) is 30.4 Å². The van der Waals surface area contributed by atoms with Gasteiger partial charge in [0.1, 0.15) is 11.6 Å². The lowest BCUT2D eigenvalue weighted by Gasteiger charge is -2.40. The molecule has 0 aromatic heterocycles. The highest BCUT2D eigenvalue weighted by molar-refractivity contribution is 14.0. The maximum atomic E-state index is 13.9. The standard InChI is InChI=1S/C20H27FN4O3.HI/c1-22-19(25-6-2-4-20(12-25)9-17(26)24-11-20)23-5-3-14-7-16(21)8-15-10-27-13-28-18(14)15;/h7-8H,2-6,9-13H2,1H3,(H,22,23)(H,24,26);1H. The van der Waals surface area contributed by atoms with E-state index in [2.05, 4.69) is 20.5 Å². The van der Waals surface area contributed by atoms with Crippen molar-refractivity contribution in [3.05, 3.63) is 29.1 Å². The number of carbonyl (C=O) groups is 1. The molecule has 3 aliphatic heterocycles. The minimum Gasteiger partial charge on any atom is -0.467 e. The molecule has 0 bridgehead atoms. The van der Waals surface area contributed by atoms with Crippen molar-refractivity contribution in [2.45, 2.75) is 32.3 Å². The van der Waals surface area contributed by atoms with E-state index >= 15 is 0 Å². The Kier molecular flexibility index (Phi) is 7.20. The highest BCUT2D eigenvalue weighted by Gasteiger charge is 2.42. The molecule has 1 aromatic carbocycles. The first-order valence-electron chi connectivity index (χ1n) is 9.83. The molecule has 9 heteroatoms. The topological polar surface area (TPSA) is 75.2 Å². The van der Waals surface area contributed by atoms with Crippen LogP contribution in [-0.4, -0.2) is 56.8 Å². The van der Waals surface area contributed by atoms with Crippen molar-refractivity contribution in [3.63, 3.8) is 0 Å². The summed E-state index contributed by atoms with van der Waals surface area (Å²) < 4.78 is 24.7. The summed E-state index contributed by atoms with van der Waals surface area (Å²) in [6.45, 7) is 3.68. The van der Waals surface area contributed by atoms with Crippen LogP contribution in [0.5, 0.6) is 5.75 Å². The number of likely N-dealkylation sites (tertiary alicyclic amines) is 1. The van der Waals surface area contributed by atoms with Crippen molar-refractivity contribution >= 4 is 35.8 Å². The van der Waals surface area contributed by atoms with Crippen LogP contribution in [0.4, 0.5) is 4.39 Å². The normalized spacial score (nSPS) is 23.9. The molecule has 2 saturated heterocycles. The predicted octanol–water partition coefficient (Wildman–Crippen LogP) is 2.03. The molecule has 1 atom stereocenters. The Bertz CT molecular complexity index is 791. The van der Waals surface area contributed by atoms with E-state index in [0.29, 0.717) is 26.0 Å². The molecule has 3 heterocycles. The molecule has 1 unspecified atom stereocenters. The van der Waals surface area contributed by atoms with Crippen LogP contribution in [-0.2, 0) is 22.6 Å². The molecule has 1 amide bonds. The Labute approximate surface area is 187 Å². The second-order valence-electron chi connectivity index (χ2n) is 7.87. The molecule has 2 fully saturated rings. The Balaban J connectivity index is 0.00000240. The monoisotopic (exact) mass is 518 g/mol. The van der Waals surface area contributed by atoms with E-state index in [1.165, 1.54) is 12.1 Å². The molecular weight excluding hydrogens is 490 g/mol. The number of rotatable bonds is 3. The maximum Gasteiger partial charge on any atom is 0.220 e. The van der Waals surface area contributed by atoms with Gasteiger partial charge in [-0.1, -0.05) is 0 Å². The number of halogens is 2. The Morgan fingerprint density at radius 2 is 2.31 bits per heavy atom. The number of nitrogens with zero attached hydrogens (tertiary/aromatic N) is 2. The van der Waals surface area contributed by atoms with E-state index in [9.17, 15) is 9.18 Å². The summed E-state index contributed by atoms with van der Waals surface area (Å²) in [5, 5.41) is 6.36. The van der Waals surface area contributed by atoms with Gasteiger partial charge < -0.3 is 25.0 Å². The molecule has 1 spiro atoms. The summed E-state index contributed by atoms with van der Waals surface area (Å²) in [6.07, 6.45) is 3.32. The zero-order valence-electron chi connectivity index (χ0n) is 16.6. The summed E-state index contributed by atoms with van der Waals surface area (Å²) in [5.41, 5.74) is 1.60. The molecule has 160 valence electrons. The Morgan fingerprint density at radius 3 is 3.07 bits per heavy atom. The molecule has 3 aliphatic rings. The molecule has 7 nitrogen and oxygen atoms in total. The summed E-state index contributed by atoms with van der Waals surface area (Å²) in [6, 6.07) is 2.99. The number of nitrogens with one attached hydrogen (secondary N) is 2. The smallest absolute Gasteiger partial charge is 0.220 e. The summed E-state index contributed by atoms with van der Waals surface area (Å²) in [4.78, 5) is 18.4. The Hall–Kier alpha value is -1.62. The van der Waals surface area contributed by atoms with Gasteiger partial charge in [0, 0.05) is 50.6 Å². The lowest BCUT2D eigenvalue weighted by molar-refractivity contribution is -0.119. The molecule has 29 heavy (non-hydrogen) atoms. The fourth-order valence-electron chi connectivity index (χ4n) is 4.51. The first-order chi connectivity index (χ1) is 13.6. The second kappa shape index (κ2) is 9.46. The van der Waals surface area contributed by atoms with E-state index < -0.39 is 0 Å². The molecule has 0 radical (unpaired) electrons. The van der Waals surface area contributed by atoms with Gasteiger partial charge in [-0.05, 0) is 37.0 Å². The number of ether oxygens (including phenoxy) is 2. The van der Waals surface area contributed by atoms with Crippen molar-refractivity contribution in [1.82, 2.24) is 15.5 Å². The van der Waals surface area contributed by atoms with Crippen LogP contribution >= 0.6 is 24.0 Å². The van der Waals surface area contributed by atoms with Crippen molar-refractivity contribution in [2.24, 2.45) is 10.4 Å². The van der Waals surface area contributed by atoms with Gasteiger partial charge >= 0.3 is 0 Å². The molecule has 0 saturated carbocycles. The lowest BCUT2D eigenvalue weighted by Crippen LogP contribution is -2.51. The number of carbonyl (C=O) groups excluding carboxylic acids is 1. The number of hydrogen-bond donors (Lipinski definition) is 2. The van der Waals surface area contributed by atoms with Gasteiger partial charge in [0.15, 0.2) is 12.8 Å². The van der Waals surface area contributed by atoms with Gasteiger partial charge in [0.2, 0.25) is 5.91 Å². The molecule has 2 N–H and O–H groups in total. The number of benzene rings is 1. The average Bonchev–Trinajstić information content (AvgIpc) is 3.04. The Morgan fingerprint density at radius 1 is 1.45 bits per heavy atom. The van der Waals surface area contributed by atoms with Crippen molar-refractivity contribution in [3.8, 4) is 5.75 Å². The number of hydrogen-bond acceptors (Lipinski definition) is 4. The second-order valence-corrected chi connectivity index (χ2v) is 7.87. The summed E-state index contributed by atoms with van der Waals surface area (Å²) >= 11 is 0. The number of piperidine rings is 1. The van der Waals surface area contributed by atoms with Crippen molar-refractivity contribution < 1.29 is 18.7 Å². The third-order valence-electron chi connectivity index (χ3n) is 5.80. The van der Waals surface area contributed by atoms with Gasteiger partial charge in [-0.3, -0.25) is 9.79 Å². The van der Waals surface area contributed by atoms with Crippen LogP contribution in [0.25, 0.3) is 0 Å². The molecule has 1 aromatic rings. The minimum absolute atomic E-state index is 0. The maximum absolute atomic E-state index is 13.9. The van der Waals surface area contributed by atoms with E-state index in [4.69, 9.17) is 9.47 Å². The van der Waals surface area contributed by atoms with E-state index in [1.807, 2.05) is 0 Å². The number of amides is 1. The highest BCUT2D eigenvalue weighted by Crippen LogP contribution is 2.36. The van der Waals surface area contributed by atoms with Crippen molar-refractivity contribution in [2.75, 3.05) is 40.0 Å². The molecule has 4 rings (SSSR count). The third kappa shape index (κ3) is 4.93. The zero-order valence-corrected chi connectivity index (χ0v) is 19.0. The van der Waals surface area contributed by atoms with Gasteiger partial charge in [-0.2, -0.15) is 0 Å². The number of guanidine groups is 1. The number of aliphatic imine (C=N–C) groups is 1. The van der Waals surface area contributed by atoms with Gasteiger partial charge in [-0.15, -0.1) is 24.0 Å². The number of fused-ring (bicyclic) bond motifs is 1. The zero-order chi connectivity index (χ0) is 19.6. The first-order valence-corrected chi connectivity index (χ1v) is 9.83. The van der Waals surface area contributed by atoms with Crippen LogP contribution in [0.15, 0.2) is 17.1 Å². The van der Waals surface area contributed by atoms with Crippen LogP contribution in [0.2, 0.25) is 0 Å². The van der Waals surface area contributed by atoms with Crippen molar-refractivity contribution in [1.29, 1.82) is 0 Å². The van der Waals surface area contributed by atoms with Crippen LogP contribution in [0.3, 0.4) is 0 Å². The van der Waals surface area contributed by atoms with E-state index in [1.54, 1.807) is 7.05 Å². The lowest BCUT2D eigenvalue weighted by atomic mass is 9.79. The average molecular weight is 518 g/mol. The van der Waals surface area contributed by atoms with Gasteiger partial charge in [0.25, 0.3) is 0 Å². The van der Waals surface area contributed by atoms with Crippen LogP contribution < -0.4 is 15.4 Å². The minimum atomic E-state index is -0.274. The summed E-state index contributed by atoms with van der Waals surface area (Å²) in [5.74, 6) is 1.43. The molecule has 0 aliphatic carbocycles. The fourth-order valence-corrected chi connectivity index (χ4v) is 4.51. The first kappa shape index (κ1) is 22.1. The molecular formula is C20H28FIN4O3. The predicted molar refractivity (Wildman–Crippen MR) is 118 cm³/mol. The fraction of sp³-hybridized carbons (Fsp3) is 0.600. The summed E-state index contributed by atoms with van der Waals surface area (Å²) in [7, 11) is 1.77. The van der Waals surface area contributed by atoms with Crippen LogP contribution in [0, 0.1) is 11.2 Å². The van der Waals surface area contributed by atoms with Gasteiger partial charge in [-0.25, -0.2) is 4.39 Å². The van der Waals surface area contributed by atoms with E-state index in [0.717, 1.165) is 55.3 Å².